The average Bonchev–Trinajstić information content (AvgIpc) is 2.83. The first-order valence-electron chi connectivity index (χ1n) is 11.6. The van der Waals surface area contributed by atoms with E-state index in [0.29, 0.717) is 23.5 Å². The molecule has 0 aliphatic carbocycles. The summed E-state index contributed by atoms with van der Waals surface area (Å²) in [7, 11) is 3.00. The molecule has 3 N–H and O–H groups in total. The van der Waals surface area contributed by atoms with E-state index in [-0.39, 0.29) is 24.8 Å². The number of carbonyl (C=O) groups excluding carboxylic acids is 4. The molecule has 2 aliphatic rings. The zero-order valence-electron chi connectivity index (χ0n) is 20.5. The molecule has 0 unspecified atom stereocenters. The fourth-order valence-corrected chi connectivity index (χ4v) is 3.82. The number of nitrogens with one attached hydrogen (secondary N) is 3. The minimum absolute atomic E-state index is 0.111. The van der Waals surface area contributed by atoms with E-state index in [0.717, 1.165) is 5.56 Å². The summed E-state index contributed by atoms with van der Waals surface area (Å²) in [4.78, 5) is 52.6. The van der Waals surface area contributed by atoms with Crippen LogP contribution in [0.3, 0.4) is 0 Å². The van der Waals surface area contributed by atoms with E-state index in [1.807, 2.05) is 26.0 Å². The van der Waals surface area contributed by atoms with Gasteiger partial charge in [-0.25, -0.2) is 0 Å². The molecule has 2 aromatic carbocycles. The van der Waals surface area contributed by atoms with Crippen LogP contribution in [0.4, 0.5) is 0 Å². The van der Waals surface area contributed by atoms with Crippen LogP contribution in [0.1, 0.15) is 36.2 Å². The van der Waals surface area contributed by atoms with Gasteiger partial charge in [0.15, 0.2) is 0 Å². The molecular formula is C26H32N4O5. The Labute approximate surface area is 205 Å². The second-order valence-corrected chi connectivity index (χ2v) is 9.06. The second kappa shape index (κ2) is 11.5. The maximum absolute atomic E-state index is 13.3. The molecule has 2 heterocycles. The van der Waals surface area contributed by atoms with Crippen molar-refractivity contribution in [1.82, 2.24) is 20.9 Å². The Hall–Kier alpha value is -3.88. The summed E-state index contributed by atoms with van der Waals surface area (Å²) in [5.41, 5.74) is 1.16. The highest BCUT2D eigenvalue weighted by Crippen LogP contribution is 2.24. The van der Waals surface area contributed by atoms with Crippen LogP contribution < -0.4 is 20.7 Å². The third-order valence-electron chi connectivity index (χ3n) is 5.67. The molecule has 0 aromatic heterocycles. The van der Waals surface area contributed by atoms with Crippen molar-refractivity contribution in [1.29, 1.82) is 0 Å². The van der Waals surface area contributed by atoms with Gasteiger partial charge < -0.3 is 25.6 Å². The van der Waals surface area contributed by atoms with Gasteiger partial charge in [0.25, 0.3) is 5.91 Å². The minimum atomic E-state index is -0.929. The van der Waals surface area contributed by atoms with Crippen LogP contribution in [0, 0.1) is 5.92 Å². The normalized spacial score (nSPS) is 18.0. The maximum Gasteiger partial charge on any atom is 0.252 e. The highest BCUT2D eigenvalue weighted by Gasteiger charge is 2.30. The van der Waals surface area contributed by atoms with Crippen LogP contribution in [-0.2, 0) is 20.8 Å². The summed E-state index contributed by atoms with van der Waals surface area (Å²) < 4.78 is 5.90. The lowest BCUT2D eigenvalue weighted by Gasteiger charge is -2.27. The minimum Gasteiger partial charge on any atom is -0.457 e. The molecule has 0 saturated heterocycles. The van der Waals surface area contributed by atoms with Crippen molar-refractivity contribution in [2.45, 2.75) is 38.8 Å². The lowest BCUT2D eigenvalue weighted by Crippen LogP contribution is -2.55. The third kappa shape index (κ3) is 7.05. The zero-order valence-corrected chi connectivity index (χ0v) is 20.5. The van der Waals surface area contributed by atoms with Crippen LogP contribution in [-0.4, -0.2) is 61.3 Å². The van der Waals surface area contributed by atoms with Gasteiger partial charge in [0.05, 0.1) is 6.54 Å². The first kappa shape index (κ1) is 25.7. The predicted molar refractivity (Wildman–Crippen MR) is 131 cm³/mol. The molecule has 4 rings (SSSR count). The van der Waals surface area contributed by atoms with Gasteiger partial charge in [-0.2, -0.15) is 0 Å². The fraction of sp³-hybridized carbons (Fsp3) is 0.385. The first-order valence-corrected chi connectivity index (χ1v) is 11.6. The number of rotatable bonds is 5. The molecule has 4 amide bonds. The lowest BCUT2D eigenvalue weighted by atomic mass is 10.0. The van der Waals surface area contributed by atoms with Crippen molar-refractivity contribution in [3.05, 3.63) is 59.7 Å². The Bertz CT molecular complexity index is 1080. The largest absolute Gasteiger partial charge is 0.457 e. The van der Waals surface area contributed by atoms with Crippen LogP contribution in [0.15, 0.2) is 48.5 Å². The van der Waals surface area contributed by atoms with E-state index in [9.17, 15) is 19.2 Å². The van der Waals surface area contributed by atoms with Gasteiger partial charge in [0.2, 0.25) is 17.7 Å². The van der Waals surface area contributed by atoms with Gasteiger partial charge in [-0.05, 0) is 48.2 Å². The van der Waals surface area contributed by atoms with Crippen molar-refractivity contribution in [2.24, 2.45) is 5.92 Å². The summed E-state index contributed by atoms with van der Waals surface area (Å²) in [6.45, 7) is 3.76. The standard InChI is InChI=1S/C26H32N4O5/c1-16(2)12-21-25(33)29-22(26(34)30(4)15-23(31)27-3)13-17-8-10-19(11-9-17)35-20-7-5-6-18(14-20)24(32)28-21/h5-11,14,16,21-22H,12-13,15H2,1-4H3,(H,27,31)(H,28,32)(H,29,33)/t21-,22-/m0/s1. The molecule has 9 heteroatoms. The monoisotopic (exact) mass is 480 g/mol. The number of ether oxygens (including phenoxy) is 1. The molecule has 9 nitrogen and oxygen atoms in total. The number of likely N-dealkylation sites (N-methyl/N-ethyl adjacent to an activating group) is 2. The molecule has 0 radical (unpaired) electrons. The van der Waals surface area contributed by atoms with Crippen LogP contribution in [0.2, 0.25) is 0 Å². The van der Waals surface area contributed by atoms with Crippen molar-refractivity contribution >= 4 is 23.6 Å². The Morgan fingerprint density at radius 1 is 1.09 bits per heavy atom. The number of benzene rings is 2. The molecule has 2 atom stereocenters. The SMILES string of the molecule is CNC(=O)CN(C)C(=O)[C@@H]1Cc2ccc(cc2)Oc2cccc(c2)C(=O)N[C@@H](CC(C)C)C(=O)N1. The van der Waals surface area contributed by atoms with Gasteiger partial charge in [-0.15, -0.1) is 0 Å². The third-order valence-corrected chi connectivity index (χ3v) is 5.67. The number of carbonyl (C=O) groups is 4. The van der Waals surface area contributed by atoms with Crippen LogP contribution in [0.25, 0.3) is 0 Å². The Morgan fingerprint density at radius 3 is 2.46 bits per heavy atom. The molecular weight excluding hydrogens is 448 g/mol. The molecule has 2 aliphatic heterocycles. The average molecular weight is 481 g/mol. The lowest BCUT2D eigenvalue weighted by molar-refractivity contribution is -0.138. The summed E-state index contributed by atoms with van der Waals surface area (Å²) in [6, 6.07) is 12.1. The van der Waals surface area contributed by atoms with Gasteiger partial charge in [-0.1, -0.05) is 32.0 Å². The highest BCUT2D eigenvalue weighted by molar-refractivity contribution is 5.99. The Morgan fingerprint density at radius 2 is 1.80 bits per heavy atom. The van der Waals surface area contributed by atoms with Gasteiger partial charge in [-0.3, -0.25) is 19.2 Å². The molecule has 0 fully saturated rings. The maximum atomic E-state index is 13.3. The topological polar surface area (TPSA) is 117 Å². The van der Waals surface area contributed by atoms with Crippen molar-refractivity contribution in [3.8, 4) is 11.5 Å². The Balaban J connectivity index is 1.97. The van der Waals surface area contributed by atoms with Gasteiger partial charge in [0, 0.05) is 26.1 Å². The number of nitrogens with zero attached hydrogens (tertiary/aromatic N) is 1. The smallest absolute Gasteiger partial charge is 0.252 e. The summed E-state index contributed by atoms with van der Waals surface area (Å²) in [6.07, 6.45) is 0.593. The number of hydrogen-bond acceptors (Lipinski definition) is 5. The van der Waals surface area contributed by atoms with E-state index in [2.05, 4.69) is 16.0 Å². The van der Waals surface area contributed by atoms with Crippen molar-refractivity contribution in [2.75, 3.05) is 20.6 Å². The van der Waals surface area contributed by atoms with Gasteiger partial charge in [0.1, 0.15) is 23.6 Å². The number of hydrogen-bond donors (Lipinski definition) is 3. The first-order chi connectivity index (χ1) is 16.7. The van der Waals surface area contributed by atoms with E-state index >= 15 is 0 Å². The summed E-state index contributed by atoms with van der Waals surface area (Å²) >= 11 is 0. The van der Waals surface area contributed by atoms with Crippen LogP contribution in [0.5, 0.6) is 11.5 Å². The van der Waals surface area contributed by atoms with Crippen LogP contribution >= 0.6 is 0 Å². The molecule has 0 spiro atoms. The summed E-state index contributed by atoms with van der Waals surface area (Å²) in [5.74, 6) is -0.430. The Kier molecular flexibility index (Phi) is 8.46. The number of fused-ring (bicyclic) bond motifs is 8. The fourth-order valence-electron chi connectivity index (χ4n) is 3.82. The zero-order chi connectivity index (χ0) is 25.5. The number of amides is 4. The molecule has 4 bridgehead atoms. The van der Waals surface area contributed by atoms with E-state index in [4.69, 9.17) is 4.74 Å². The van der Waals surface area contributed by atoms with E-state index < -0.39 is 29.8 Å². The molecule has 186 valence electrons. The molecule has 2 aromatic rings. The highest BCUT2D eigenvalue weighted by atomic mass is 16.5. The van der Waals surface area contributed by atoms with Crippen molar-refractivity contribution < 1.29 is 23.9 Å². The predicted octanol–water partition coefficient (Wildman–Crippen LogP) is 1.87. The quantitative estimate of drug-likeness (QED) is 0.604. The van der Waals surface area contributed by atoms with Crippen molar-refractivity contribution in [3.63, 3.8) is 0 Å². The second-order valence-electron chi connectivity index (χ2n) is 9.06. The van der Waals surface area contributed by atoms with E-state index in [1.165, 1.54) is 19.0 Å². The van der Waals surface area contributed by atoms with Gasteiger partial charge >= 0.3 is 0 Å². The summed E-state index contributed by atoms with van der Waals surface area (Å²) in [5, 5.41) is 8.11. The molecule has 0 saturated carbocycles. The molecule has 35 heavy (non-hydrogen) atoms. The van der Waals surface area contributed by atoms with E-state index in [1.54, 1.807) is 36.4 Å².